The van der Waals surface area contributed by atoms with Gasteiger partial charge in [0.05, 0.1) is 23.6 Å². The molecule has 1 fully saturated rings. The summed E-state index contributed by atoms with van der Waals surface area (Å²) in [6.07, 6.45) is 3.51. The molecule has 0 bridgehead atoms. The smallest absolute Gasteiger partial charge is 0.258 e. The Balaban J connectivity index is 1.36. The fourth-order valence-electron chi connectivity index (χ4n) is 4.12. The largest absolute Gasteiger partial charge is 0.381 e. The second-order valence-electron chi connectivity index (χ2n) is 8.07. The maximum absolute atomic E-state index is 13.6. The number of carbonyl (C=O) groups is 1. The monoisotopic (exact) mass is 447 g/mol. The average Bonchev–Trinajstić information content (AvgIpc) is 3.33. The predicted octanol–water partition coefficient (Wildman–Crippen LogP) is 3.17. The van der Waals surface area contributed by atoms with Crippen LogP contribution in [0.4, 0.5) is 4.39 Å². The number of halogens is 1. The number of piperidine rings is 1. The van der Waals surface area contributed by atoms with E-state index in [9.17, 15) is 14.0 Å². The average molecular weight is 447 g/mol. The van der Waals surface area contributed by atoms with E-state index in [1.54, 1.807) is 43.6 Å². The Morgan fingerprint density at radius 3 is 2.61 bits per heavy atom. The molecular weight excluding hydrogens is 425 g/mol. The minimum atomic E-state index is -0.387. The molecule has 1 aliphatic rings. The maximum atomic E-state index is 13.6. The molecule has 0 aliphatic carbocycles. The minimum Gasteiger partial charge on any atom is -0.381 e. The number of nitrogens with zero attached hydrogens (tertiary/aromatic N) is 4. The van der Waals surface area contributed by atoms with Gasteiger partial charge in [0.2, 0.25) is 0 Å². The normalized spacial score (nSPS) is 14.7. The molecule has 1 saturated heterocycles. The predicted molar refractivity (Wildman–Crippen MR) is 121 cm³/mol. The molecule has 0 spiro atoms. The Morgan fingerprint density at radius 1 is 1.12 bits per heavy atom. The number of likely N-dealkylation sites (tertiary alicyclic amines) is 1. The molecule has 9 heteroatoms. The summed E-state index contributed by atoms with van der Waals surface area (Å²) in [4.78, 5) is 29.9. The van der Waals surface area contributed by atoms with Crippen molar-refractivity contribution >= 4 is 16.8 Å². The summed E-state index contributed by atoms with van der Waals surface area (Å²) in [5.41, 5.74) is 2.17. The number of pyridine rings is 1. The molecule has 168 valence electrons. The van der Waals surface area contributed by atoms with Crippen LogP contribution in [0, 0.1) is 5.82 Å². The summed E-state index contributed by atoms with van der Waals surface area (Å²) in [6, 6.07) is 12.9. The number of hydrogen-bond donors (Lipinski definition) is 1. The molecule has 2 aromatic carbocycles. The first-order valence-corrected chi connectivity index (χ1v) is 10.7. The van der Waals surface area contributed by atoms with E-state index < -0.39 is 0 Å². The van der Waals surface area contributed by atoms with Crippen molar-refractivity contribution in [3.05, 3.63) is 76.5 Å². The highest BCUT2D eigenvalue weighted by atomic mass is 19.1. The number of rotatable bonds is 4. The van der Waals surface area contributed by atoms with Crippen LogP contribution in [0.3, 0.4) is 0 Å². The van der Waals surface area contributed by atoms with Crippen molar-refractivity contribution < 1.29 is 13.9 Å². The van der Waals surface area contributed by atoms with Crippen LogP contribution >= 0.6 is 0 Å². The lowest BCUT2D eigenvalue weighted by Gasteiger charge is -2.31. The Bertz CT molecular complexity index is 1370. The standard InChI is InChI=1S/C24H22FN5O3/c1-33-19-8-10-29(11-9-19)24(32)15-2-5-18(6-3-15)30-14-22(27-28-30)20-13-16-12-17(25)4-7-21(16)26-23(20)31/h2-7,12-14,19H,8-11H2,1H3,(H,26,31). The number of carbonyl (C=O) groups excluding carboxylic acids is 1. The van der Waals surface area contributed by atoms with Gasteiger partial charge in [-0.3, -0.25) is 9.59 Å². The number of fused-ring (bicyclic) bond motifs is 1. The van der Waals surface area contributed by atoms with E-state index in [0.29, 0.717) is 46.5 Å². The second kappa shape index (κ2) is 8.59. The number of H-pyrrole nitrogens is 1. The molecule has 33 heavy (non-hydrogen) atoms. The quantitative estimate of drug-likeness (QED) is 0.519. The Kier molecular flexibility index (Phi) is 5.47. The van der Waals surface area contributed by atoms with Crippen LogP contribution < -0.4 is 5.56 Å². The molecule has 4 aromatic rings. The molecule has 1 N–H and O–H groups in total. The van der Waals surface area contributed by atoms with Crippen molar-refractivity contribution in [1.29, 1.82) is 0 Å². The first kappa shape index (κ1) is 21.0. The van der Waals surface area contributed by atoms with Crippen molar-refractivity contribution in [1.82, 2.24) is 24.9 Å². The first-order chi connectivity index (χ1) is 16.0. The number of amides is 1. The summed E-state index contributed by atoms with van der Waals surface area (Å²) in [6.45, 7) is 1.35. The van der Waals surface area contributed by atoms with Gasteiger partial charge < -0.3 is 14.6 Å². The van der Waals surface area contributed by atoms with Crippen LogP contribution in [-0.2, 0) is 4.74 Å². The molecular formula is C24H22FN5O3. The zero-order valence-electron chi connectivity index (χ0n) is 18.0. The lowest BCUT2D eigenvalue weighted by molar-refractivity contribution is 0.0351. The number of benzene rings is 2. The van der Waals surface area contributed by atoms with Gasteiger partial charge in [-0.05, 0) is 61.4 Å². The third-order valence-corrected chi connectivity index (χ3v) is 6.02. The van der Waals surface area contributed by atoms with Gasteiger partial charge in [-0.15, -0.1) is 5.10 Å². The molecule has 0 saturated carbocycles. The number of aromatic amines is 1. The molecule has 3 heterocycles. The lowest BCUT2D eigenvalue weighted by Crippen LogP contribution is -2.40. The number of hydrogen-bond acceptors (Lipinski definition) is 5. The van der Waals surface area contributed by atoms with Crippen LogP contribution in [-0.4, -0.2) is 57.1 Å². The van der Waals surface area contributed by atoms with E-state index in [4.69, 9.17) is 4.74 Å². The van der Waals surface area contributed by atoms with Gasteiger partial charge in [-0.25, -0.2) is 9.07 Å². The van der Waals surface area contributed by atoms with E-state index in [2.05, 4.69) is 15.3 Å². The highest BCUT2D eigenvalue weighted by Crippen LogP contribution is 2.21. The molecule has 0 atom stereocenters. The third kappa shape index (κ3) is 4.14. The van der Waals surface area contributed by atoms with Gasteiger partial charge in [0.15, 0.2) is 0 Å². The van der Waals surface area contributed by atoms with Crippen LogP contribution in [0.2, 0.25) is 0 Å². The fourth-order valence-corrected chi connectivity index (χ4v) is 4.12. The van der Waals surface area contributed by atoms with Crippen LogP contribution in [0.15, 0.2) is 59.5 Å². The molecule has 0 radical (unpaired) electrons. The molecule has 0 unspecified atom stereocenters. The van der Waals surface area contributed by atoms with Crippen molar-refractivity contribution in [2.75, 3.05) is 20.2 Å². The van der Waals surface area contributed by atoms with Gasteiger partial charge in [-0.1, -0.05) is 5.21 Å². The second-order valence-corrected chi connectivity index (χ2v) is 8.07. The summed E-state index contributed by atoms with van der Waals surface area (Å²) in [5, 5.41) is 8.79. The minimum absolute atomic E-state index is 0.00897. The third-order valence-electron chi connectivity index (χ3n) is 6.02. The number of ether oxygens (including phenoxy) is 1. The van der Waals surface area contributed by atoms with Crippen molar-refractivity contribution in [2.24, 2.45) is 0 Å². The van der Waals surface area contributed by atoms with Crippen molar-refractivity contribution in [2.45, 2.75) is 18.9 Å². The Morgan fingerprint density at radius 2 is 1.88 bits per heavy atom. The van der Waals surface area contributed by atoms with E-state index >= 15 is 0 Å². The molecule has 5 rings (SSSR count). The van der Waals surface area contributed by atoms with Crippen LogP contribution in [0.1, 0.15) is 23.2 Å². The van der Waals surface area contributed by atoms with Gasteiger partial charge in [-0.2, -0.15) is 0 Å². The van der Waals surface area contributed by atoms with E-state index in [-0.39, 0.29) is 23.4 Å². The summed E-state index contributed by atoms with van der Waals surface area (Å²) in [7, 11) is 1.70. The van der Waals surface area contributed by atoms with Crippen molar-refractivity contribution in [3.63, 3.8) is 0 Å². The van der Waals surface area contributed by atoms with Crippen LogP contribution in [0.25, 0.3) is 27.8 Å². The fraction of sp³-hybridized carbons (Fsp3) is 0.250. The number of methoxy groups -OCH3 is 1. The van der Waals surface area contributed by atoms with Gasteiger partial charge in [0.1, 0.15) is 11.5 Å². The van der Waals surface area contributed by atoms with E-state index in [1.165, 1.54) is 22.9 Å². The molecule has 1 amide bonds. The van der Waals surface area contributed by atoms with Crippen molar-refractivity contribution in [3.8, 4) is 16.9 Å². The van der Waals surface area contributed by atoms with E-state index in [1.807, 2.05) is 4.90 Å². The van der Waals surface area contributed by atoms with Gasteiger partial charge in [0.25, 0.3) is 11.5 Å². The highest BCUT2D eigenvalue weighted by Gasteiger charge is 2.23. The SMILES string of the molecule is COC1CCN(C(=O)c2ccc(-n3cc(-c4cc5cc(F)ccc5[nH]c4=O)nn3)cc2)CC1. The summed E-state index contributed by atoms with van der Waals surface area (Å²) < 4.78 is 20.5. The topological polar surface area (TPSA) is 93.1 Å². The Hall–Kier alpha value is -3.85. The molecule has 2 aromatic heterocycles. The first-order valence-electron chi connectivity index (χ1n) is 10.7. The zero-order chi connectivity index (χ0) is 22.9. The zero-order valence-corrected chi connectivity index (χ0v) is 18.0. The molecule has 8 nitrogen and oxygen atoms in total. The summed E-state index contributed by atoms with van der Waals surface area (Å²) >= 11 is 0. The summed E-state index contributed by atoms with van der Waals surface area (Å²) in [5.74, 6) is -0.396. The number of nitrogens with one attached hydrogen (secondary N) is 1. The maximum Gasteiger partial charge on any atom is 0.258 e. The molecule has 1 aliphatic heterocycles. The van der Waals surface area contributed by atoms with Gasteiger partial charge in [0, 0.05) is 36.7 Å². The van der Waals surface area contributed by atoms with E-state index in [0.717, 1.165) is 12.8 Å². The Labute approximate surface area is 188 Å². The lowest BCUT2D eigenvalue weighted by atomic mass is 10.1. The highest BCUT2D eigenvalue weighted by molar-refractivity contribution is 5.94. The van der Waals surface area contributed by atoms with Crippen LogP contribution in [0.5, 0.6) is 0 Å². The van der Waals surface area contributed by atoms with Gasteiger partial charge >= 0.3 is 0 Å². The number of aromatic nitrogens is 4.